The number of hydrogen-bond acceptors (Lipinski definition) is 6. The summed E-state index contributed by atoms with van der Waals surface area (Å²) in [6.07, 6.45) is 2.09. The van der Waals surface area contributed by atoms with Gasteiger partial charge in [-0.2, -0.15) is 18.3 Å². The summed E-state index contributed by atoms with van der Waals surface area (Å²) in [4.78, 5) is 10.8. The molecule has 0 amide bonds. The molecule has 8 nitrogen and oxygen atoms in total. The lowest BCUT2D eigenvalue weighted by Crippen LogP contribution is -2.30. The molecular formula is C13H11F3N4O4S. The van der Waals surface area contributed by atoms with Crippen molar-refractivity contribution in [3.63, 3.8) is 0 Å². The molecule has 0 fully saturated rings. The van der Waals surface area contributed by atoms with Crippen molar-refractivity contribution < 1.29 is 26.5 Å². The fraction of sp³-hybridized carbons (Fsp3) is 0.308. The lowest BCUT2D eigenvalue weighted by atomic mass is 10.1. The van der Waals surface area contributed by atoms with E-state index in [1.54, 1.807) is 11.1 Å². The molecule has 0 saturated heterocycles. The summed E-state index contributed by atoms with van der Waals surface area (Å²) in [5.74, 6) is 0. The Bertz CT molecular complexity index is 939. The van der Waals surface area contributed by atoms with Crippen LogP contribution in [0.15, 0.2) is 29.3 Å². The number of hydrogen-bond donors (Lipinski definition) is 1. The molecule has 0 spiro atoms. The van der Waals surface area contributed by atoms with E-state index in [1.165, 1.54) is 0 Å². The minimum atomic E-state index is -5.66. The molecule has 134 valence electrons. The van der Waals surface area contributed by atoms with Crippen molar-refractivity contribution in [1.82, 2.24) is 10.2 Å². The van der Waals surface area contributed by atoms with Crippen LogP contribution in [0.2, 0.25) is 0 Å². The molecule has 0 aliphatic carbocycles. The molecule has 2 aromatic rings. The lowest BCUT2D eigenvalue weighted by Gasteiger charge is -2.28. The Hall–Kier alpha value is -2.63. The Labute approximate surface area is 139 Å². The number of halogens is 3. The summed E-state index contributed by atoms with van der Waals surface area (Å²) in [6.45, 7) is 0.652. The van der Waals surface area contributed by atoms with Crippen LogP contribution in [0.4, 0.5) is 24.5 Å². The summed E-state index contributed by atoms with van der Waals surface area (Å²) in [5, 5.41) is 17.9. The summed E-state index contributed by atoms with van der Waals surface area (Å²) in [6, 6.07) is 2.21. The maximum atomic E-state index is 12.7. The van der Waals surface area contributed by atoms with E-state index in [0.717, 1.165) is 23.4 Å². The average Bonchev–Trinajstić information content (AvgIpc) is 3.00. The van der Waals surface area contributed by atoms with Crippen molar-refractivity contribution in [3.05, 3.63) is 45.8 Å². The number of fused-ring (bicyclic) bond motifs is 1. The van der Waals surface area contributed by atoms with Crippen LogP contribution in [0.1, 0.15) is 11.3 Å². The van der Waals surface area contributed by atoms with Crippen LogP contribution in [0.5, 0.6) is 0 Å². The Morgan fingerprint density at radius 1 is 1.32 bits per heavy atom. The lowest BCUT2D eigenvalue weighted by molar-refractivity contribution is -0.384. The van der Waals surface area contributed by atoms with Gasteiger partial charge in [0, 0.05) is 36.8 Å². The summed E-state index contributed by atoms with van der Waals surface area (Å²) >= 11 is 0. The maximum Gasteiger partial charge on any atom is 0.501 e. The highest BCUT2D eigenvalue weighted by molar-refractivity contribution is 7.92. The van der Waals surface area contributed by atoms with Crippen LogP contribution in [-0.4, -0.2) is 35.6 Å². The topological polar surface area (TPSA) is 109 Å². The Morgan fingerprint density at radius 3 is 2.68 bits per heavy atom. The van der Waals surface area contributed by atoms with Gasteiger partial charge in [-0.25, -0.2) is 8.42 Å². The van der Waals surface area contributed by atoms with Crippen LogP contribution in [0.3, 0.4) is 0 Å². The normalized spacial score (nSPS) is 15.1. The number of aromatic amines is 1. The van der Waals surface area contributed by atoms with E-state index in [0.29, 0.717) is 19.0 Å². The smallest absolute Gasteiger partial charge is 0.361 e. The molecule has 3 rings (SSSR count). The van der Waals surface area contributed by atoms with Crippen molar-refractivity contribution >= 4 is 21.2 Å². The number of H-pyrrole nitrogens is 1. The molecule has 1 aromatic heterocycles. The highest BCUT2D eigenvalue weighted by Gasteiger charge is 2.47. The SMILES string of the molecule is O=[N+]([O-])c1cc(S(=O)(=O)C(F)(F)F)ccc1N1CCc2[nH]ncc2C1. The molecule has 12 heteroatoms. The number of nitrogens with one attached hydrogen (secondary N) is 1. The van der Waals surface area contributed by atoms with Gasteiger partial charge in [0.25, 0.3) is 15.5 Å². The number of nitro benzene ring substituents is 1. The summed E-state index contributed by atoms with van der Waals surface area (Å²) < 4.78 is 60.9. The molecule has 1 aromatic carbocycles. The Morgan fingerprint density at radius 2 is 2.04 bits per heavy atom. The van der Waals surface area contributed by atoms with Gasteiger partial charge in [-0.05, 0) is 12.1 Å². The van der Waals surface area contributed by atoms with E-state index in [4.69, 9.17) is 0 Å². The van der Waals surface area contributed by atoms with Gasteiger partial charge in [0.2, 0.25) is 0 Å². The second-order valence-electron chi connectivity index (χ2n) is 5.40. The largest absolute Gasteiger partial charge is 0.501 e. The molecule has 0 radical (unpaired) electrons. The second-order valence-corrected chi connectivity index (χ2v) is 7.34. The fourth-order valence-corrected chi connectivity index (χ4v) is 3.43. The maximum absolute atomic E-state index is 12.7. The number of rotatable bonds is 3. The number of sulfone groups is 1. The van der Waals surface area contributed by atoms with E-state index in [-0.39, 0.29) is 12.2 Å². The predicted molar refractivity (Wildman–Crippen MR) is 79.7 cm³/mol. The third kappa shape index (κ3) is 2.92. The molecule has 0 bridgehead atoms. The number of aromatic nitrogens is 2. The van der Waals surface area contributed by atoms with Gasteiger partial charge in [0.15, 0.2) is 0 Å². The molecule has 2 heterocycles. The van der Waals surface area contributed by atoms with Crippen LogP contribution in [0, 0.1) is 10.1 Å². The van der Waals surface area contributed by atoms with Crippen molar-refractivity contribution in [2.75, 3.05) is 11.4 Å². The van der Waals surface area contributed by atoms with Gasteiger partial charge >= 0.3 is 5.51 Å². The van der Waals surface area contributed by atoms with Gasteiger partial charge in [-0.1, -0.05) is 0 Å². The first-order chi connectivity index (χ1) is 11.6. The summed E-state index contributed by atoms with van der Waals surface area (Å²) in [5.41, 5.74) is -4.47. The second kappa shape index (κ2) is 5.72. The summed E-state index contributed by atoms with van der Waals surface area (Å²) in [7, 11) is -5.66. The van der Waals surface area contributed by atoms with Crippen LogP contribution in [-0.2, 0) is 22.8 Å². The highest BCUT2D eigenvalue weighted by atomic mass is 32.2. The van der Waals surface area contributed by atoms with Crippen molar-refractivity contribution in [2.45, 2.75) is 23.4 Å². The third-order valence-corrected chi connectivity index (χ3v) is 5.38. The third-order valence-electron chi connectivity index (χ3n) is 3.90. The quantitative estimate of drug-likeness (QED) is 0.650. The molecule has 25 heavy (non-hydrogen) atoms. The molecule has 0 saturated carbocycles. The van der Waals surface area contributed by atoms with E-state index >= 15 is 0 Å². The van der Waals surface area contributed by atoms with E-state index in [2.05, 4.69) is 10.2 Å². The number of alkyl halides is 3. The van der Waals surface area contributed by atoms with Gasteiger partial charge in [-0.3, -0.25) is 15.2 Å². The van der Waals surface area contributed by atoms with Gasteiger partial charge in [-0.15, -0.1) is 0 Å². The number of nitro groups is 1. The van der Waals surface area contributed by atoms with E-state index < -0.39 is 30.9 Å². The van der Waals surface area contributed by atoms with E-state index in [9.17, 15) is 31.7 Å². The average molecular weight is 376 g/mol. The first kappa shape index (κ1) is 17.2. The van der Waals surface area contributed by atoms with Crippen LogP contribution in [0.25, 0.3) is 0 Å². The Balaban J connectivity index is 2.04. The predicted octanol–water partition coefficient (Wildman–Crippen LogP) is 2.17. The molecule has 1 N–H and O–H groups in total. The molecular weight excluding hydrogens is 365 g/mol. The number of nitrogens with zero attached hydrogens (tertiary/aromatic N) is 3. The zero-order valence-corrected chi connectivity index (χ0v) is 13.3. The molecule has 0 unspecified atom stereocenters. The Kier molecular flexibility index (Phi) is 3.94. The standard InChI is InChI=1S/C13H11F3N4O4S/c14-13(15,16)25(23,24)9-1-2-11(12(5-9)20(21)22)19-4-3-10-8(7-19)6-17-18-10/h1-2,5-6H,3-4,7H2,(H,17,18). The van der Waals surface area contributed by atoms with Crippen LogP contribution < -0.4 is 4.90 Å². The van der Waals surface area contributed by atoms with Crippen molar-refractivity contribution in [1.29, 1.82) is 0 Å². The molecule has 1 aliphatic rings. The first-order valence-electron chi connectivity index (χ1n) is 6.97. The van der Waals surface area contributed by atoms with E-state index in [1.807, 2.05) is 0 Å². The van der Waals surface area contributed by atoms with Gasteiger partial charge < -0.3 is 4.90 Å². The monoisotopic (exact) mass is 376 g/mol. The minimum Gasteiger partial charge on any atom is -0.361 e. The molecule has 0 atom stereocenters. The fourth-order valence-electron chi connectivity index (χ4n) is 2.65. The highest BCUT2D eigenvalue weighted by Crippen LogP contribution is 2.37. The van der Waals surface area contributed by atoms with Crippen molar-refractivity contribution in [3.8, 4) is 0 Å². The minimum absolute atomic E-state index is 0.0537. The van der Waals surface area contributed by atoms with Gasteiger partial charge in [0.05, 0.1) is 16.0 Å². The van der Waals surface area contributed by atoms with Crippen molar-refractivity contribution in [2.24, 2.45) is 0 Å². The van der Waals surface area contributed by atoms with Crippen LogP contribution >= 0.6 is 0 Å². The first-order valence-corrected chi connectivity index (χ1v) is 8.45. The zero-order valence-electron chi connectivity index (χ0n) is 12.4. The number of benzene rings is 1. The molecule has 1 aliphatic heterocycles. The van der Waals surface area contributed by atoms with Gasteiger partial charge in [0.1, 0.15) is 5.69 Å². The number of anilines is 1. The zero-order chi connectivity index (χ0) is 18.4.